The minimum Gasteiger partial charge on any atom is -0.493 e. The molecule has 0 amide bonds. The molecule has 0 aliphatic heterocycles. The van der Waals surface area contributed by atoms with E-state index in [1.165, 1.54) is 12.1 Å². The van der Waals surface area contributed by atoms with Gasteiger partial charge in [-0.15, -0.1) is 0 Å². The zero-order valence-corrected chi connectivity index (χ0v) is 9.70. The third-order valence-corrected chi connectivity index (χ3v) is 2.22. The number of nitrogens with two attached hydrogens (primary N) is 1. The molecule has 1 aromatic carbocycles. The highest BCUT2D eigenvalue weighted by molar-refractivity contribution is 5.36. The van der Waals surface area contributed by atoms with Gasteiger partial charge in [-0.2, -0.15) is 0 Å². The number of hydrogen-bond donors (Lipinski definition) is 1. The first-order valence-corrected chi connectivity index (χ1v) is 5.32. The van der Waals surface area contributed by atoms with Crippen LogP contribution in [0.2, 0.25) is 0 Å². The van der Waals surface area contributed by atoms with Crippen molar-refractivity contribution in [3.63, 3.8) is 0 Å². The monoisotopic (exact) mass is 227 g/mol. The molecule has 16 heavy (non-hydrogen) atoms. The molecule has 0 aliphatic carbocycles. The average Bonchev–Trinajstić information content (AvgIpc) is 2.24. The number of benzene rings is 1. The third-order valence-electron chi connectivity index (χ3n) is 2.22. The van der Waals surface area contributed by atoms with E-state index in [1.54, 1.807) is 13.2 Å². The maximum absolute atomic E-state index is 13.0. The van der Waals surface area contributed by atoms with Crippen LogP contribution < -0.4 is 10.5 Å². The van der Waals surface area contributed by atoms with E-state index in [9.17, 15) is 4.39 Å². The van der Waals surface area contributed by atoms with Gasteiger partial charge in [-0.25, -0.2) is 4.39 Å². The van der Waals surface area contributed by atoms with Crippen LogP contribution in [0, 0.1) is 5.82 Å². The second kappa shape index (κ2) is 6.45. The van der Waals surface area contributed by atoms with E-state index in [-0.39, 0.29) is 11.9 Å². The van der Waals surface area contributed by atoms with Gasteiger partial charge in [-0.05, 0) is 13.0 Å². The van der Waals surface area contributed by atoms with Crippen molar-refractivity contribution in [1.29, 1.82) is 0 Å². The molecule has 4 heteroatoms. The van der Waals surface area contributed by atoms with Crippen molar-refractivity contribution in [2.45, 2.75) is 19.4 Å². The average molecular weight is 227 g/mol. The van der Waals surface area contributed by atoms with Gasteiger partial charge in [0.1, 0.15) is 11.6 Å². The van der Waals surface area contributed by atoms with Crippen molar-refractivity contribution in [2.75, 3.05) is 20.3 Å². The fourth-order valence-electron chi connectivity index (χ4n) is 1.39. The SMILES string of the molecule is COCCCOc1cc(F)ccc1C(C)N. The van der Waals surface area contributed by atoms with Crippen LogP contribution in [0.4, 0.5) is 4.39 Å². The highest BCUT2D eigenvalue weighted by atomic mass is 19.1. The first-order chi connectivity index (χ1) is 7.65. The number of methoxy groups -OCH3 is 1. The summed E-state index contributed by atoms with van der Waals surface area (Å²) in [4.78, 5) is 0. The Hall–Kier alpha value is -1.13. The Morgan fingerprint density at radius 2 is 2.12 bits per heavy atom. The van der Waals surface area contributed by atoms with Gasteiger partial charge in [0.05, 0.1) is 6.61 Å². The molecule has 0 heterocycles. The zero-order chi connectivity index (χ0) is 12.0. The summed E-state index contributed by atoms with van der Waals surface area (Å²) in [7, 11) is 1.63. The standard InChI is InChI=1S/C12H18FNO2/c1-9(14)11-5-4-10(13)8-12(11)16-7-3-6-15-2/h4-5,8-9H,3,6-7,14H2,1-2H3. The predicted molar refractivity (Wildman–Crippen MR) is 61.0 cm³/mol. The molecule has 0 saturated heterocycles. The lowest BCUT2D eigenvalue weighted by molar-refractivity contribution is 0.171. The van der Waals surface area contributed by atoms with Crippen LogP contribution in [0.15, 0.2) is 18.2 Å². The summed E-state index contributed by atoms with van der Waals surface area (Å²) in [6, 6.07) is 4.25. The van der Waals surface area contributed by atoms with Gasteiger partial charge in [0.25, 0.3) is 0 Å². The van der Waals surface area contributed by atoms with Crippen molar-refractivity contribution >= 4 is 0 Å². The fourth-order valence-corrected chi connectivity index (χ4v) is 1.39. The summed E-state index contributed by atoms with van der Waals surface area (Å²) in [5, 5.41) is 0. The zero-order valence-electron chi connectivity index (χ0n) is 9.70. The lowest BCUT2D eigenvalue weighted by Gasteiger charge is -2.13. The largest absolute Gasteiger partial charge is 0.493 e. The third kappa shape index (κ3) is 3.79. The van der Waals surface area contributed by atoms with Crippen LogP contribution in [-0.4, -0.2) is 20.3 Å². The molecule has 0 bridgehead atoms. The van der Waals surface area contributed by atoms with E-state index in [0.717, 1.165) is 12.0 Å². The van der Waals surface area contributed by atoms with Gasteiger partial charge in [0.15, 0.2) is 0 Å². The van der Waals surface area contributed by atoms with Gasteiger partial charge < -0.3 is 15.2 Å². The second-order valence-corrected chi connectivity index (χ2v) is 3.67. The maximum atomic E-state index is 13.0. The van der Waals surface area contributed by atoms with E-state index in [0.29, 0.717) is 19.0 Å². The van der Waals surface area contributed by atoms with Gasteiger partial charge in [-0.3, -0.25) is 0 Å². The summed E-state index contributed by atoms with van der Waals surface area (Å²) in [5.74, 6) is 0.206. The Morgan fingerprint density at radius 1 is 1.38 bits per heavy atom. The van der Waals surface area contributed by atoms with Crippen LogP contribution in [-0.2, 0) is 4.74 Å². The topological polar surface area (TPSA) is 44.5 Å². The Bertz CT molecular complexity index is 329. The molecule has 0 fully saturated rings. The number of halogens is 1. The van der Waals surface area contributed by atoms with Crippen molar-refractivity contribution in [3.8, 4) is 5.75 Å². The Balaban J connectivity index is 2.65. The smallest absolute Gasteiger partial charge is 0.126 e. The minimum absolute atomic E-state index is 0.168. The van der Waals surface area contributed by atoms with Gasteiger partial charge in [0, 0.05) is 37.8 Å². The molecule has 0 aromatic heterocycles. The van der Waals surface area contributed by atoms with Crippen molar-refractivity contribution in [3.05, 3.63) is 29.6 Å². The predicted octanol–water partition coefficient (Wildman–Crippen LogP) is 2.26. The molecule has 0 spiro atoms. The van der Waals surface area contributed by atoms with E-state index < -0.39 is 0 Å². The molecule has 0 aliphatic rings. The van der Waals surface area contributed by atoms with E-state index in [4.69, 9.17) is 15.2 Å². The fraction of sp³-hybridized carbons (Fsp3) is 0.500. The van der Waals surface area contributed by atoms with Gasteiger partial charge >= 0.3 is 0 Å². The summed E-state index contributed by atoms with van der Waals surface area (Å²) < 4.78 is 23.4. The van der Waals surface area contributed by atoms with Crippen LogP contribution in [0.5, 0.6) is 5.75 Å². The van der Waals surface area contributed by atoms with Crippen molar-refractivity contribution < 1.29 is 13.9 Å². The molecule has 1 atom stereocenters. The minimum atomic E-state index is -0.314. The van der Waals surface area contributed by atoms with Crippen LogP contribution in [0.3, 0.4) is 0 Å². The number of hydrogen-bond acceptors (Lipinski definition) is 3. The highest BCUT2D eigenvalue weighted by Gasteiger charge is 2.09. The summed E-state index contributed by atoms with van der Waals surface area (Å²) in [6.45, 7) is 2.97. The van der Waals surface area contributed by atoms with Crippen LogP contribution >= 0.6 is 0 Å². The molecule has 1 rings (SSSR count). The summed E-state index contributed by atoms with van der Waals surface area (Å²) >= 11 is 0. The number of rotatable bonds is 6. The van der Waals surface area contributed by atoms with E-state index in [1.807, 2.05) is 6.92 Å². The normalized spacial score (nSPS) is 12.5. The molecule has 90 valence electrons. The molecule has 2 N–H and O–H groups in total. The molecular formula is C12H18FNO2. The number of ether oxygens (including phenoxy) is 2. The van der Waals surface area contributed by atoms with E-state index in [2.05, 4.69) is 0 Å². The lowest BCUT2D eigenvalue weighted by atomic mass is 10.1. The van der Waals surface area contributed by atoms with E-state index >= 15 is 0 Å². The maximum Gasteiger partial charge on any atom is 0.126 e. The Labute approximate surface area is 95.4 Å². The van der Waals surface area contributed by atoms with Gasteiger partial charge in [0.2, 0.25) is 0 Å². The van der Waals surface area contributed by atoms with Crippen molar-refractivity contribution in [2.24, 2.45) is 5.73 Å². The molecule has 0 radical (unpaired) electrons. The quantitative estimate of drug-likeness (QED) is 0.758. The molecule has 3 nitrogen and oxygen atoms in total. The first kappa shape index (κ1) is 12.9. The Kier molecular flexibility index (Phi) is 5.22. The molecule has 1 unspecified atom stereocenters. The summed E-state index contributed by atoms with van der Waals surface area (Å²) in [6.07, 6.45) is 0.769. The van der Waals surface area contributed by atoms with Gasteiger partial charge in [-0.1, -0.05) is 6.07 Å². The summed E-state index contributed by atoms with van der Waals surface area (Å²) in [5.41, 5.74) is 6.59. The second-order valence-electron chi connectivity index (χ2n) is 3.67. The van der Waals surface area contributed by atoms with Crippen LogP contribution in [0.1, 0.15) is 24.9 Å². The van der Waals surface area contributed by atoms with Crippen LogP contribution in [0.25, 0.3) is 0 Å². The molecular weight excluding hydrogens is 209 g/mol. The first-order valence-electron chi connectivity index (χ1n) is 5.32. The highest BCUT2D eigenvalue weighted by Crippen LogP contribution is 2.24. The molecule has 1 aromatic rings. The van der Waals surface area contributed by atoms with Crippen molar-refractivity contribution in [1.82, 2.24) is 0 Å². The lowest BCUT2D eigenvalue weighted by Crippen LogP contribution is -2.09. The Morgan fingerprint density at radius 3 is 2.75 bits per heavy atom. The molecule has 0 saturated carbocycles.